The number of hydrazone groups is 1. The maximum absolute atomic E-state index is 12.4. The van der Waals surface area contributed by atoms with Gasteiger partial charge in [0.25, 0.3) is 0 Å². The largest absolute Gasteiger partial charge is 0.273 e. The number of hydrogen-bond donors (Lipinski definition) is 1. The van der Waals surface area contributed by atoms with Crippen molar-refractivity contribution in [2.24, 2.45) is 22.9 Å². The Morgan fingerprint density at radius 2 is 1.77 bits per heavy atom. The molecule has 116 valence electrons. The van der Waals surface area contributed by atoms with Gasteiger partial charge in [0.15, 0.2) is 0 Å². The number of benzene rings is 1. The van der Waals surface area contributed by atoms with Crippen molar-refractivity contribution in [3.05, 3.63) is 48.0 Å². The van der Waals surface area contributed by atoms with Crippen LogP contribution in [0.15, 0.2) is 47.6 Å². The summed E-state index contributed by atoms with van der Waals surface area (Å²) < 4.78 is 0. The van der Waals surface area contributed by atoms with E-state index in [2.05, 4.69) is 29.6 Å². The predicted molar refractivity (Wildman–Crippen MR) is 89.5 cm³/mol. The molecule has 3 nitrogen and oxygen atoms in total. The van der Waals surface area contributed by atoms with E-state index in [9.17, 15) is 4.79 Å². The number of fused-ring (bicyclic) bond motifs is 1. The van der Waals surface area contributed by atoms with Gasteiger partial charge in [-0.1, -0.05) is 49.4 Å². The summed E-state index contributed by atoms with van der Waals surface area (Å²) >= 11 is 0. The van der Waals surface area contributed by atoms with Gasteiger partial charge < -0.3 is 0 Å². The molecule has 0 bridgehead atoms. The molecule has 1 aromatic rings. The fraction of sp³-hybridized carbons (Fsp3) is 0.474. The maximum atomic E-state index is 12.4. The highest BCUT2D eigenvalue weighted by Gasteiger charge is 2.53. The summed E-state index contributed by atoms with van der Waals surface area (Å²) in [5.74, 6) is 1.43. The van der Waals surface area contributed by atoms with E-state index in [1.54, 1.807) is 0 Å². The summed E-state index contributed by atoms with van der Waals surface area (Å²) in [5.41, 5.74) is 4.84. The van der Waals surface area contributed by atoms with Crippen molar-refractivity contribution in [1.82, 2.24) is 5.43 Å². The van der Waals surface area contributed by atoms with Gasteiger partial charge in [-0.15, -0.1) is 0 Å². The van der Waals surface area contributed by atoms with Crippen molar-refractivity contribution in [3.63, 3.8) is 0 Å². The first-order valence-electron chi connectivity index (χ1n) is 8.38. The molecule has 2 atom stereocenters. The number of nitrogens with one attached hydrogen (secondary N) is 1. The first-order chi connectivity index (χ1) is 10.8. The summed E-state index contributed by atoms with van der Waals surface area (Å²) in [5, 5.41) is 4.38. The van der Waals surface area contributed by atoms with Gasteiger partial charge in [0.1, 0.15) is 0 Å². The summed E-state index contributed by atoms with van der Waals surface area (Å²) in [7, 11) is 0. The van der Waals surface area contributed by atoms with Gasteiger partial charge in [-0.25, -0.2) is 5.43 Å². The lowest BCUT2D eigenvalue weighted by molar-refractivity contribution is -0.122. The van der Waals surface area contributed by atoms with E-state index in [0.717, 1.165) is 43.4 Å². The smallest absolute Gasteiger partial charge is 0.243 e. The molecule has 22 heavy (non-hydrogen) atoms. The molecule has 2 aliphatic carbocycles. The van der Waals surface area contributed by atoms with Crippen LogP contribution in [0.2, 0.25) is 0 Å². The molecule has 0 heterocycles. The molecule has 3 rings (SSSR count). The number of allylic oxidation sites excluding steroid dienone is 2. The number of carbonyl (C=O) groups is 1. The molecule has 0 unspecified atom stereocenters. The van der Waals surface area contributed by atoms with Gasteiger partial charge in [-0.3, -0.25) is 4.79 Å². The van der Waals surface area contributed by atoms with Crippen LogP contribution in [-0.4, -0.2) is 11.6 Å². The molecule has 0 aromatic heterocycles. The van der Waals surface area contributed by atoms with E-state index in [0.29, 0.717) is 11.8 Å². The number of carbonyl (C=O) groups excluding carboxylic acids is 1. The van der Waals surface area contributed by atoms with Crippen LogP contribution in [0.3, 0.4) is 0 Å². The van der Waals surface area contributed by atoms with E-state index >= 15 is 0 Å². The molecule has 0 spiro atoms. The van der Waals surface area contributed by atoms with Crippen molar-refractivity contribution in [2.45, 2.75) is 39.0 Å². The van der Waals surface area contributed by atoms with Crippen LogP contribution in [-0.2, 0) is 4.79 Å². The average molecular weight is 296 g/mol. The minimum atomic E-state index is 0.110. The minimum Gasteiger partial charge on any atom is -0.273 e. The average Bonchev–Trinajstić information content (AvgIpc) is 3.20. The third-order valence-corrected chi connectivity index (χ3v) is 4.88. The van der Waals surface area contributed by atoms with Gasteiger partial charge >= 0.3 is 0 Å². The normalized spacial score (nSPS) is 27.5. The molecule has 1 N–H and O–H groups in total. The van der Waals surface area contributed by atoms with Crippen LogP contribution in [0.5, 0.6) is 0 Å². The van der Waals surface area contributed by atoms with Gasteiger partial charge in [0.2, 0.25) is 5.91 Å². The lowest BCUT2D eigenvalue weighted by atomic mass is 10.1. The fourth-order valence-electron chi connectivity index (χ4n) is 3.61. The maximum Gasteiger partial charge on any atom is 0.243 e. The molecular formula is C19H24N2O. The van der Waals surface area contributed by atoms with Crippen LogP contribution < -0.4 is 5.43 Å². The standard InChI is InChI=1S/C19H24N2O/c1-2-17(14-10-6-5-7-11-14)20-21-19(22)18-15-12-8-3-4-9-13-16(15)18/h3-7,10-11,15-16,18H,2,8-9,12-13H2,1H3,(H,21,22)/b4-3?,20-17-/t15-,16-/m0/s1. The lowest BCUT2D eigenvalue weighted by Gasteiger charge is -2.05. The van der Waals surface area contributed by atoms with Gasteiger partial charge in [0, 0.05) is 5.92 Å². The van der Waals surface area contributed by atoms with Crippen LogP contribution in [0.1, 0.15) is 44.6 Å². The highest BCUT2D eigenvalue weighted by Crippen LogP contribution is 2.52. The zero-order valence-electron chi connectivity index (χ0n) is 13.2. The van der Waals surface area contributed by atoms with E-state index in [1.165, 1.54) is 0 Å². The molecule has 0 saturated heterocycles. The third kappa shape index (κ3) is 3.29. The summed E-state index contributed by atoms with van der Waals surface area (Å²) in [6.45, 7) is 2.06. The summed E-state index contributed by atoms with van der Waals surface area (Å²) in [6, 6.07) is 10.1. The van der Waals surface area contributed by atoms with Crippen LogP contribution >= 0.6 is 0 Å². The monoisotopic (exact) mass is 296 g/mol. The molecule has 1 saturated carbocycles. The molecular weight excluding hydrogens is 272 g/mol. The van der Waals surface area contributed by atoms with Crippen LogP contribution in [0.4, 0.5) is 0 Å². The van der Waals surface area contributed by atoms with E-state index < -0.39 is 0 Å². The van der Waals surface area contributed by atoms with Crippen molar-refractivity contribution in [3.8, 4) is 0 Å². The summed E-state index contributed by atoms with van der Waals surface area (Å²) in [4.78, 5) is 12.4. The molecule has 1 fully saturated rings. The Balaban J connectivity index is 1.61. The molecule has 1 amide bonds. The Labute approximate surface area is 132 Å². The zero-order chi connectivity index (χ0) is 15.4. The van der Waals surface area contributed by atoms with Gasteiger partial charge in [0.05, 0.1) is 5.71 Å². The van der Waals surface area contributed by atoms with Crippen molar-refractivity contribution in [2.75, 3.05) is 0 Å². The van der Waals surface area contributed by atoms with E-state index in [-0.39, 0.29) is 11.8 Å². The van der Waals surface area contributed by atoms with Crippen molar-refractivity contribution < 1.29 is 4.79 Å². The molecule has 2 aliphatic rings. The second-order valence-corrected chi connectivity index (χ2v) is 6.23. The SMILES string of the molecule is CC/C(=N/NC(=O)C1[C@H]2CCC=CCC[C@H]12)c1ccccc1. The second-order valence-electron chi connectivity index (χ2n) is 6.23. The highest BCUT2D eigenvalue weighted by atomic mass is 16.2. The molecule has 0 aliphatic heterocycles. The predicted octanol–water partition coefficient (Wildman–Crippen LogP) is 3.91. The first-order valence-corrected chi connectivity index (χ1v) is 8.38. The Bertz CT molecular complexity index is 560. The number of rotatable bonds is 4. The van der Waals surface area contributed by atoms with E-state index in [4.69, 9.17) is 0 Å². The Morgan fingerprint density at radius 3 is 2.36 bits per heavy atom. The van der Waals surface area contributed by atoms with Crippen LogP contribution in [0, 0.1) is 17.8 Å². The second kappa shape index (κ2) is 6.91. The van der Waals surface area contributed by atoms with Crippen LogP contribution in [0.25, 0.3) is 0 Å². The molecule has 1 aromatic carbocycles. The molecule has 3 heteroatoms. The van der Waals surface area contributed by atoms with Crippen molar-refractivity contribution >= 4 is 11.6 Å². The minimum absolute atomic E-state index is 0.110. The summed E-state index contributed by atoms with van der Waals surface area (Å²) in [6.07, 6.45) is 9.83. The highest BCUT2D eigenvalue weighted by molar-refractivity contribution is 6.01. The topological polar surface area (TPSA) is 41.5 Å². The number of amides is 1. The van der Waals surface area contributed by atoms with Gasteiger partial charge in [-0.05, 0) is 49.5 Å². The lowest BCUT2D eigenvalue weighted by Crippen LogP contribution is -2.23. The quantitative estimate of drug-likeness (QED) is 0.511. The van der Waals surface area contributed by atoms with Crippen molar-refractivity contribution in [1.29, 1.82) is 0 Å². The Hall–Kier alpha value is -1.90. The fourth-order valence-corrected chi connectivity index (χ4v) is 3.61. The molecule has 0 radical (unpaired) electrons. The number of hydrogen-bond acceptors (Lipinski definition) is 2. The van der Waals surface area contributed by atoms with Gasteiger partial charge in [-0.2, -0.15) is 5.10 Å². The number of nitrogens with zero attached hydrogens (tertiary/aromatic N) is 1. The Kier molecular flexibility index (Phi) is 4.71. The third-order valence-electron chi connectivity index (χ3n) is 4.88. The first kappa shape index (κ1) is 15.0. The zero-order valence-corrected chi connectivity index (χ0v) is 13.2. The Morgan fingerprint density at radius 1 is 1.14 bits per heavy atom. The van der Waals surface area contributed by atoms with E-state index in [1.807, 2.05) is 30.3 Å².